The lowest BCUT2D eigenvalue weighted by molar-refractivity contribution is 0.319. The highest BCUT2D eigenvalue weighted by Crippen LogP contribution is 2.23. The van der Waals surface area contributed by atoms with Crippen molar-refractivity contribution in [3.05, 3.63) is 46.9 Å². The molecule has 1 aliphatic heterocycles. The monoisotopic (exact) mass is 431 g/mol. The SMILES string of the molecule is CN1CCCCC(Nc2nc3nccc(/C(=N/O)Nc4ccc(F)c(Cl)c4)c3[nH]2)C1. The molecule has 30 heavy (non-hydrogen) atoms. The van der Waals surface area contributed by atoms with Gasteiger partial charge in [-0.3, -0.25) is 0 Å². The molecule has 2 aromatic heterocycles. The average Bonchev–Trinajstić information content (AvgIpc) is 3.03. The molecule has 158 valence electrons. The molecule has 0 aliphatic carbocycles. The topological polar surface area (TPSA) is 101 Å². The molecule has 3 aromatic rings. The quantitative estimate of drug-likeness (QED) is 0.216. The Kier molecular flexibility index (Phi) is 6.01. The largest absolute Gasteiger partial charge is 0.409 e. The summed E-state index contributed by atoms with van der Waals surface area (Å²) in [6.07, 6.45) is 5.01. The van der Waals surface area contributed by atoms with E-state index in [-0.39, 0.29) is 16.9 Å². The predicted molar refractivity (Wildman–Crippen MR) is 116 cm³/mol. The van der Waals surface area contributed by atoms with E-state index in [1.165, 1.54) is 24.6 Å². The van der Waals surface area contributed by atoms with E-state index in [1.54, 1.807) is 12.3 Å². The Morgan fingerprint density at radius 3 is 3.03 bits per heavy atom. The van der Waals surface area contributed by atoms with Crippen molar-refractivity contribution in [2.45, 2.75) is 25.3 Å². The van der Waals surface area contributed by atoms with Gasteiger partial charge in [0, 0.05) is 30.0 Å². The lowest BCUT2D eigenvalue weighted by atomic mass is 10.1. The molecule has 0 saturated carbocycles. The Balaban J connectivity index is 1.59. The third-order valence-electron chi connectivity index (χ3n) is 5.14. The predicted octanol–water partition coefficient (Wildman–Crippen LogP) is 3.89. The Bertz CT molecular complexity index is 1070. The molecule has 1 atom stereocenters. The summed E-state index contributed by atoms with van der Waals surface area (Å²) >= 11 is 5.84. The van der Waals surface area contributed by atoms with Crippen molar-refractivity contribution in [2.75, 3.05) is 30.8 Å². The number of aromatic nitrogens is 3. The first-order valence-electron chi connectivity index (χ1n) is 9.78. The number of nitrogens with one attached hydrogen (secondary N) is 3. The fraction of sp³-hybridized carbons (Fsp3) is 0.350. The minimum atomic E-state index is -0.524. The third kappa shape index (κ3) is 4.47. The van der Waals surface area contributed by atoms with E-state index in [0.29, 0.717) is 28.4 Å². The maximum Gasteiger partial charge on any atom is 0.202 e. The Labute approximate surface area is 178 Å². The molecule has 0 spiro atoms. The number of oxime groups is 1. The van der Waals surface area contributed by atoms with Crippen LogP contribution in [0.15, 0.2) is 35.6 Å². The Morgan fingerprint density at radius 2 is 2.23 bits per heavy atom. The summed E-state index contributed by atoms with van der Waals surface area (Å²) in [5.41, 5.74) is 2.17. The van der Waals surface area contributed by atoms with Crippen LogP contribution in [0.2, 0.25) is 5.02 Å². The minimum Gasteiger partial charge on any atom is -0.409 e. The van der Waals surface area contributed by atoms with Crippen LogP contribution < -0.4 is 10.6 Å². The average molecular weight is 432 g/mol. The number of H-pyrrole nitrogens is 1. The van der Waals surface area contributed by atoms with E-state index in [2.05, 4.69) is 42.7 Å². The number of benzene rings is 1. The van der Waals surface area contributed by atoms with E-state index >= 15 is 0 Å². The molecule has 0 bridgehead atoms. The minimum absolute atomic E-state index is 0.0291. The van der Waals surface area contributed by atoms with Crippen molar-refractivity contribution in [1.29, 1.82) is 0 Å². The number of rotatable bonds is 4. The van der Waals surface area contributed by atoms with Gasteiger partial charge in [0.1, 0.15) is 5.82 Å². The van der Waals surface area contributed by atoms with E-state index in [9.17, 15) is 9.60 Å². The second-order valence-corrected chi connectivity index (χ2v) is 7.85. The molecule has 0 amide bonds. The summed E-state index contributed by atoms with van der Waals surface area (Å²) < 4.78 is 13.4. The van der Waals surface area contributed by atoms with Gasteiger partial charge in [-0.25, -0.2) is 9.37 Å². The lowest BCUT2D eigenvalue weighted by Gasteiger charge is -2.20. The molecule has 4 N–H and O–H groups in total. The van der Waals surface area contributed by atoms with Gasteiger partial charge in [-0.15, -0.1) is 0 Å². The third-order valence-corrected chi connectivity index (χ3v) is 5.43. The van der Waals surface area contributed by atoms with Crippen LogP contribution in [0.3, 0.4) is 0 Å². The number of hydrogen-bond acceptors (Lipinski definition) is 6. The molecule has 3 heterocycles. The number of nitrogens with zero attached hydrogens (tertiary/aromatic N) is 4. The summed E-state index contributed by atoms with van der Waals surface area (Å²) in [5.74, 6) is 0.256. The number of aromatic amines is 1. The molecule has 10 heteroatoms. The molecule has 1 aromatic carbocycles. The molecular formula is C20H23ClFN7O. The molecule has 1 saturated heterocycles. The number of likely N-dealkylation sites (N-methyl/N-ethyl adjacent to an activating group) is 1. The fourth-order valence-electron chi connectivity index (χ4n) is 3.68. The highest BCUT2D eigenvalue weighted by molar-refractivity contribution is 6.31. The van der Waals surface area contributed by atoms with Crippen molar-refractivity contribution in [3.8, 4) is 0 Å². The van der Waals surface area contributed by atoms with Crippen LogP contribution in [0.25, 0.3) is 11.2 Å². The van der Waals surface area contributed by atoms with Gasteiger partial charge in [-0.1, -0.05) is 23.2 Å². The second-order valence-electron chi connectivity index (χ2n) is 7.44. The van der Waals surface area contributed by atoms with Gasteiger partial charge in [0.05, 0.1) is 10.5 Å². The van der Waals surface area contributed by atoms with Crippen LogP contribution in [0.5, 0.6) is 0 Å². The van der Waals surface area contributed by atoms with Gasteiger partial charge in [0.15, 0.2) is 11.5 Å². The summed E-state index contributed by atoms with van der Waals surface area (Å²) in [4.78, 5) is 14.4. The van der Waals surface area contributed by atoms with Crippen LogP contribution >= 0.6 is 11.6 Å². The first-order chi connectivity index (χ1) is 14.5. The number of pyridine rings is 1. The van der Waals surface area contributed by atoms with Crippen LogP contribution in [0.1, 0.15) is 24.8 Å². The number of amidine groups is 1. The number of halogens is 2. The van der Waals surface area contributed by atoms with Crippen LogP contribution in [-0.4, -0.2) is 57.1 Å². The molecule has 4 rings (SSSR count). The van der Waals surface area contributed by atoms with E-state index in [4.69, 9.17) is 11.6 Å². The zero-order chi connectivity index (χ0) is 21.1. The highest BCUT2D eigenvalue weighted by atomic mass is 35.5. The second kappa shape index (κ2) is 8.85. The normalized spacial score (nSPS) is 18.4. The van der Waals surface area contributed by atoms with Crippen molar-refractivity contribution in [1.82, 2.24) is 19.9 Å². The molecule has 0 radical (unpaired) electrons. The molecular weight excluding hydrogens is 409 g/mol. The smallest absolute Gasteiger partial charge is 0.202 e. The van der Waals surface area contributed by atoms with Crippen molar-refractivity contribution >= 4 is 40.2 Å². The maximum atomic E-state index is 13.4. The number of anilines is 2. The van der Waals surface area contributed by atoms with Gasteiger partial charge in [-0.05, 0) is 50.7 Å². The number of hydrogen-bond donors (Lipinski definition) is 4. The Hall–Kier alpha value is -2.91. The summed E-state index contributed by atoms with van der Waals surface area (Å²) in [6, 6.07) is 6.16. The van der Waals surface area contributed by atoms with E-state index in [0.717, 1.165) is 25.9 Å². The first-order valence-corrected chi connectivity index (χ1v) is 10.2. The number of imidazole rings is 1. The van der Waals surface area contributed by atoms with Gasteiger partial charge in [0.25, 0.3) is 0 Å². The van der Waals surface area contributed by atoms with Gasteiger partial charge >= 0.3 is 0 Å². The van der Waals surface area contributed by atoms with Crippen molar-refractivity contribution in [3.63, 3.8) is 0 Å². The van der Waals surface area contributed by atoms with Crippen molar-refractivity contribution < 1.29 is 9.60 Å². The van der Waals surface area contributed by atoms with E-state index in [1.807, 2.05) is 0 Å². The molecule has 1 unspecified atom stereocenters. The van der Waals surface area contributed by atoms with Crippen molar-refractivity contribution in [2.24, 2.45) is 5.16 Å². The number of fused-ring (bicyclic) bond motifs is 1. The van der Waals surface area contributed by atoms with Gasteiger partial charge in [-0.2, -0.15) is 4.98 Å². The lowest BCUT2D eigenvalue weighted by Crippen LogP contribution is -2.32. The number of likely N-dealkylation sites (tertiary alicyclic amines) is 1. The van der Waals surface area contributed by atoms with E-state index < -0.39 is 5.82 Å². The van der Waals surface area contributed by atoms with Gasteiger partial charge in [0.2, 0.25) is 5.95 Å². The standard InChI is InChI=1S/C20H23ClFN7O/c1-29-9-3-2-4-13(11-29)25-20-26-17-14(7-8-23-19(17)27-20)18(28-30)24-12-5-6-16(22)15(21)10-12/h5-8,10,13,30H,2-4,9,11H2,1H3,(H,24,28)(H2,23,25,26,27). The summed E-state index contributed by atoms with van der Waals surface area (Å²) in [6.45, 7) is 2.03. The molecule has 1 fully saturated rings. The summed E-state index contributed by atoms with van der Waals surface area (Å²) in [5, 5.41) is 19.3. The molecule has 1 aliphatic rings. The zero-order valence-electron chi connectivity index (χ0n) is 16.5. The van der Waals surface area contributed by atoms with Crippen LogP contribution in [0.4, 0.5) is 16.0 Å². The maximum absolute atomic E-state index is 13.4. The first kappa shape index (κ1) is 20.4. The Morgan fingerprint density at radius 1 is 1.37 bits per heavy atom. The summed E-state index contributed by atoms with van der Waals surface area (Å²) in [7, 11) is 2.12. The molecule has 8 nitrogen and oxygen atoms in total. The zero-order valence-corrected chi connectivity index (χ0v) is 17.2. The van der Waals surface area contributed by atoms with Crippen LogP contribution in [-0.2, 0) is 0 Å². The highest BCUT2D eigenvalue weighted by Gasteiger charge is 2.19. The van der Waals surface area contributed by atoms with Crippen LogP contribution in [0, 0.1) is 5.82 Å². The fourth-order valence-corrected chi connectivity index (χ4v) is 3.86. The van der Waals surface area contributed by atoms with Gasteiger partial charge < -0.3 is 25.7 Å².